The maximum Gasteiger partial charge on any atom is 0.268 e. The van der Waals surface area contributed by atoms with Crippen molar-refractivity contribution in [2.75, 3.05) is 20.3 Å². The molecule has 0 saturated carbocycles. The molecule has 1 aromatic rings. The molecule has 0 aliphatic carbocycles. The zero-order chi connectivity index (χ0) is 14.4. The van der Waals surface area contributed by atoms with Crippen molar-refractivity contribution in [2.45, 2.75) is 19.4 Å². The molecule has 0 bridgehead atoms. The molecule has 0 radical (unpaired) electrons. The first kappa shape index (κ1) is 15.4. The van der Waals surface area contributed by atoms with Crippen LogP contribution in [0.15, 0.2) is 12.3 Å². The van der Waals surface area contributed by atoms with E-state index < -0.39 is 0 Å². The van der Waals surface area contributed by atoms with Crippen molar-refractivity contribution in [3.8, 4) is 0 Å². The Morgan fingerprint density at radius 1 is 1.53 bits per heavy atom. The number of ether oxygens (including phenoxy) is 1. The molecular weight excluding hydrogens is 248 g/mol. The van der Waals surface area contributed by atoms with Crippen LogP contribution in [-0.4, -0.2) is 47.7 Å². The molecule has 106 valence electrons. The van der Waals surface area contributed by atoms with Gasteiger partial charge in [0.2, 0.25) is 0 Å². The van der Waals surface area contributed by atoms with Gasteiger partial charge in [0.1, 0.15) is 5.69 Å². The summed E-state index contributed by atoms with van der Waals surface area (Å²) in [6.07, 6.45) is 2.04. The van der Waals surface area contributed by atoms with Crippen molar-refractivity contribution in [3.63, 3.8) is 0 Å². The molecule has 1 rings (SSSR count). The van der Waals surface area contributed by atoms with Gasteiger partial charge in [-0.1, -0.05) is 0 Å². The van der Waals surface area contributed by atoms with E-state index >= 15 is 0 Å². The van der Waals surface area contributed by atoms with Crippen molar-refractivity contribution in [3.05, 3.63) is 23.5 Å². The minimum atomic E-state index is -0.287. The first-order valence-corrected chi connectivity index (χ1v) is 6.07. The highest BCUT2D eigenvalue weighted by Crippen LogP contribution is 2.08. The Hall–Kier alpha value is -1.66. The Labute approximate surface area is 112 Å². The third-order valence-corrected chi connectivity index (χ3v) is 2.82. The van der Waals surface area contributed by atoms with Crippen LogP contribution < -0.4 is 5.32 Å². The zero-order valence-corrected chi connectivity index (χ0v) is 11.5. The highest BCUT2D eigenvalue weighted by atomic mass is 16.5. The van der Waals surface area contributed by atoms with Gasteiger partial charge in [0.05, 0.1) is 12.6 Å². The number of nitrogens with one attached hydrogen (secondary N) is 1. The summed E-state index contributed by atoms with van der Waals surface area (Å²) in [5, 5.41) is 11.7. The molecule has 19 heavy (non-hydrogen) atoms. The number of aromatic nitrogens is 1. The fourth-order valence-electron chi connectivity index (χ4n) is 1.80. The molecule has 0 saturated heterocycles. The average molecular weight is 268 g/mol. The van der Waals surface area contributed by atoms with Gasteiger partial charge in [-0.2, -0.15) is 0 Å². The molecule has 1 amide bonds. The summed E-state index contributed by atoms with van der Waals surface area (Å²) >= 11 is 0. The van der Waals surface area contributed by atoms with E-state index in [4.69, 9.17) is 9.84 Å². The van der Waals surface area contributed by atoms with Crippen LogP contribution in [-0.2, 0) is 11.8 Å². The number of hydrogen-bond donors (Lipinski definition) is 2. The molecule has 0 aromatic carbocycles. The van der Waals surface area contributed by atoms with E-state index in [1.54, 1.807) is 23.9 Å². The number of nitrogens with zero attached hydrogens (tertiary/aromatic N) is 1. The molecule has 0 fully saturated rings. The van der Waals surface area contributed by atoms with Gasteiger partial charge in [-0.05, 0) is 19.4 Å². The van der Waals surface area contributed by atoms with E-state index in [1.807, 2.05) is 0 Å². The number of ketones is 1. The molecule has 0 spiro atoms. The van der Waals surface area contributed by atoms with Gasteiger partial charge < -0.3 is 19.7 Å². The molecule has 6 heteroatoms. The number of amides is 1. The summed E-state index contributed by atoms with van der Waals surface area (Å²) in [5.74, 6) is -0.371. The van der Waals surface area contributed by atoms with Crippen LogP contribution in [0.4, 0.5) is 0 Å². The fraction of sp³-hybridized carbons (Fsp3) is 0.538. The Kier molecular flexibility index (Phi) is 5.72. The number of carbonyl (C=O) groups is 2. The SMILES string of the molecule is COCC(CCO)NC(=O)c1cc(C(C)=O)cn1C. The van der Waals surface area contributed by atoms with E-state index in [2.05, 4.69) is 5.32 Å². The van der Waals surface area contributed by atoms with Crippen LogP contribution in [0.3, 0.4) is 0 Å². The Morgan fingerprint density at radius 3 is 2.68 bits per heavy atom. The first-order chi connectivity index (χ1) is 8.99. The molecule has 1 atom stereocenters. The smallest absolute Gasteiger partial charge is 0.268 e. The van der Waals surface area contributed by atoms with Crippen molar-refractivity contribution in [1.82, 2.24) is 9.88 Å². The molecule has 0 aliphatic heterocycles. The van der Waals surface area contributed by atoms with E-state index in [0.29, 0.717) is 24.3 Å². The van der Waals surface area contributed by atoms with Gasteiger partial charge >= 0.3 is 0 Å². The Morgan fingerprint density at radius 2 is 2.21 bits per heavy atom. The van der Waals surface area contributed by atoms with Crippen LogP contribution in [0.2, 0.25) is 0 Å². The summed E-state index contributed by atoms with van der Waals surface area (Å²) in [6.45, 7) is 1.76. The van der Waals surface area contributed by atoms with Gasteiger partial charge in [0.25, 0.3) is 5.91 Å². The van der Waals surface area contributed by atoms with E-state index in [9.17, 15) is 9.59 Å². The molecule has 1 aromatic heterocycles. The van der Waals surface area contributed by atoms with Gasteiger partial charge in [0.15, 0.2) is 5.78 Å². The Balaban J connectivity index is 2.78. The van der Waals surface area contributed by atoms with Crippen molar-refractivity contribution >= 4 is 11.7 Å². The average Bonchev–Trinajstić information content (AvgIpc) is 2.72. The van der Waals surface area contributed by atoms with Crippen LogP contribution >= 0.6 is 0 Å². The van der Waals surface area contributed by atoms with Gasteiger partial charge in [-0.15, -0.1) is 0 Å². The third-order valence-electron chi connectivity index (χ3n) is 2.82. The van der Waals surface area contributed by atoms with E-state index in [-0.39, 0.29) is 24.3 Å². The van der Waals surface area contributed by atoms with Crippen molar-refractivity contribution in [2.24, 2.45) is 7.05 Å². The highest BCUT2D eigenvalue weighted by molar-refractivity contribution is 5.99. The number of hydrogen-bond acceptors (Lipinski definition) is 4. The highest BCUT2D eigenvalue weighted by Gasteiger charge is 2.17. The molecule has 0 aliphatic rings. The largest absolute Gasteiger partial charge is 0.396 e. The minimum Gasteiger partial charge on any atom is -0.396 e. The quantitative estimate of drug-likeness (QED) is 0.699. The lowest BCUT2D eigenvalue weighted by atomic mass is 10.2. The second-order valence-corrected chi connectivity index (χ2v) is 4.42. The zero-order valence-electron chi connectivity index (χ0n) is 11.5. The standard InChI is InChI=1S/C13H20N2O4/c1-9(17)10-6-12(15(2)7-10)13(18)14-11(4-5-16)8-19-3/h6-7,11,16H,4-5,8H2,1-3H3,(H,14,18). The van der Waals surface area contributed by atoms with Crippen molar-refractivity contribution < 1.29 is 19.4 Å². The monoisotopic (exact) mass is 268 g/mol. The summed E-state index contributed by atoms with van der Waals surface area (Å²) in [6, 6.07) is 1.30. The Bertz CT molecular complexity index is 447. The van der Waals surface area contributed by atoms with E-state index in [1.165, 1.54) is 14.0 Å². The van der Waals surface area contributed by atoms with Crippen LogP contribution in [0, 0.1) is 0 Å². The normalized spacial score (nSPS) is 12.2. The molecule has 6 nitrogen and oxygen atoms in total. The molecule has 2 N–H and O–H groups in total. The summed E-state index contributed by atoms with van der Waals surface area (Å²) in [7, 11) is 3.24. The lowest BCUT2D eigenvalue weighted by Gasteiger charge is -2.16. The van der Waals surface area contributed by atoms with Crippen molar-refractivity contribution in [1.29, 1.82) is 0 Å². The van der Waals surface area contributed by atoms with Crippen LogP contribution in [0.25, 0.3) is 0 Å². The van der Waals surface area contributed by atoms with Gasteiger partial charge in [-0.3, -0.25) is 9.59 Å². The van der Waals surface area contributed by atoms with Gasteiger partial charge in [0, 0.05) is 32.5 Å². The lowest BCUT2D eigenvalue weighted by molar-refractivity contribution is 0.0870. The van der Waals surface area contributed by atoms with Gasteiger partial charge in [-0.25, -0.2) is 0 Å². The summed E-state index contributed by atoms with van der Waals surface area (Å²) in [5.41, 5.74) is 0.905. The predicted octanol–water partition coefficient (Wildman–Crippen LogP) is 0.355. The third kappa shape index (κ3) is 4.18. The summed E-state index contributed by atoms with van der Waals surface area (Å²) in [4.78, 5) is 23.3. The summed E-state index contributed by atoms with van der Waals surface area (Å²) < 4.78 is 6.59. The van der Waals surface area contributed by atoms with Crippen LogP contribution in [0.5, 0.6) is 0 Å². The number of aliphatic hydroxyl groups excluding tert-OH is 1. The van der Waals surface area contributed by atoms with Crippen LogP contribution in [0.1, 0.15) is 34.2 Å². The number of rotatable bonds is 7. The lowest BCUT2D eigenvalue weighted by Crippen LogP contribution is -2.39. The molecule has 1 unspecified atom stereocenters. The molecule has 1 heterocycles. The number of Topliss-reactive ketones (excluding diaryl/α,β-unsaturated/α-hetero) is 1. The topological polar surface area (TPSA) is 80.6 Å². The molecular formula is C13H20N2O4. The predicted molar refractivity (Wildman–Crippen MR) is 70.3 cm³/mol. The number of aliphatic hydroxyl groups is 1. The number of aryl methyl sites for hydroxylation is 1. The first-order valence-electron chi connectivity index (χ1n) is 6.07. The fourth-order valence-corrected chi connectivity index (χ4v) is 1.80. The maximum atomic E-state index is 12.1. The second-order valence-electron chi connectivity index (χ2n) is 4.42. The number of carbonyl (C=O) groups excluding carboxylic acids is 2. The second kappa shape index (κ2) is 7.06. The number of methoxy groups -OCH3 is 1. The van der Waals surface area contributed by atoms with E-state index in [0.717, 1.165) is 0 Å². The maximum absolute atomic E-state index is 12.1. The minimum absolute atomic E-state index is 0.0276.